The summed E-state index contributed by atoms with van der Waals surface area (Å²) in [5.41, 5.74) is 2.30. The topological polar surface area (TPSA) is 24.9 Å². The number of aromatic nitrogens is 1. The molecule has 0 saturated heterocycles. The molecule has 2 aromatic carbocycles. The zero-order valence-corrected chi connectivity index (χ0v) is 12.7. The van der Waals surface area contributed by atoms with Gasteiger partial charge in [-0.1, -0.05) is 36.4 Å². The maximum atomic E-state index is 4.76. The van der Waals surface area contributed by atoms with E-state index in [9.17, 15) is 0 Å². The van der Waals surface area contributed by atoms with Crippen molar-refractivity contribution in [2.45, 2.75) is 19.4 Å². The number of hydrogen-bond donors (Lipinski definition) is 1. The van der Waals surface area contributed by atoms with Crippen LogP contribution in [0.5, 0.6) is 0 Å². The highest BCUT2D eigenvalue weighted by Crippen LogP contribution is 2.28. The second-order valence-electron chi connectivity index (χ2n) is 5.76. The standard InChI is InChI=1S/C18H18N2S/c1-2-4-15-9-16(8-7-14(15)3-1)17-12-21-18(20-17)11-19-10-13-5-6-13/h1-4,7-9,12-13,19H,5-6,10-11H2. The van der Waals surface area contributed by atoms with E-state index in [1.54, 1.807) is 11.3 Å². The molecule has 1 heterocycles. The van der Waals surface area contributed by atoms with Gasteiger partial charge in [-0.05, 0) is 42.1 Å². The van der Waals surface area contributed by atoms with Crippen LogP contribution in [0.4, 0.5) is 0 Å². The van der Waals surface area contributed by atoms with Crippen LogP contribution < -0.4 is 5.32 Å². The van der Waals surface area contributed by atoms with Gasteiger partial charge in [0.2, 0.25) is 0 Å². The maximum Gasteiger partial charge on any atom is 0.107 e. The molecule has 106 valence electrons. The molecule has 21 heavy (non-hydrogen) atoms. The average molecular weight is 294 g/mol. The molecule has 0 amide bonds. The lowest BCUT2D eigenvalue weighted by Crippen LogP contribution is -2.15. The van der Waals surface area contributed by atoms with Gasteiger partial charge in [0.05, 0.1) is 5.69 Å². The van der Waals surface area contributed by atoms with Crippen molar-refractivity contribution in [2.24, 2.45) is 5.92 Å². The Labute approximate surface area is 128 Å². The van der Waals surface area contributed by atoms with Gasteiger partial charge >= 0.3 is 0 Å². The number of hydrogen-bond acceptors (Lipinski definition) is 3. The molecule has 3 heteroatoms. The van der Waals surface area contributed by atoms with Gasteiger partial charge in [-0.25, -0.2) is 4.98 Å². The normalized spacial score (nSPS) is 14.7. The van der Waals surface area contributed by atoms with Crippen molar-refractivity contribution in [1.82, 2.24) is 10.3 Å². The van der Waals surface area contributed by atoms with Gasteiger partial charge in [-0.2, -0.15) is 0 Å². The second-order valence-corrected chi connectivity index (χ2v) is 6.71. The summed E-state index contributed by atoms with van der Waals surface area (Å²) in [6.45, 7) is 2.04. The van der Waals surface area contributed by atoms with E-state index < -0.39 is 0 Å². The molecule has 0 atom stereocenters. The first kappa shape index (κ1) is 13.0. The molecule has 0 bridgehead atoms. The van der Waals surface area contributed by atoms with Crippen molar-refractivity contribution in [3.8, 4) is 11.3 Å². The van der Waals surface area contributed by atoms with Crippen molar-refractivity contribution >= 4 is 22.1 Å². The van der Waals surface area contributed by atoms with Crippen molar-refractivity contribution in [3.05, 3.63) is 52.9 Å². The smallest absolute Gasteiger partial charge is 0.107 e. The number of rotatable bonds is 5. The Morgan fingerprint density at radius 2 is 1.95 bits per heavy atom. The minimum Gasteiger partial charge on any atom is -0.310 e. The van der Waals surface area contributed by atoms with Crippen LogP contribution in [-0.4, -0.2) is 11.5 Å². The molecule has 1 aliphatic carbocycles. The third-order valence-electron chi connectivity index (χ3n) is 4.00. The monoisotopic (exact) mass is 294 g/mol. The number of nitrogens with one attached hydrogen (secondary N) is 1. The van der Waals surface area contributed by atoms with Gasteiger partial charge in [0, 0.05) is 17.5 Å². The lowest BCUT2D eigenvalue weighted by Gasteiger charge is -2.01. The highest BCUT2D eigenvalue weighted by molar-refractivity contribution is 7.09. The van der Waals surface area contributed by atoms with E-state index in [1.807, 2.05) is 0 Å². The van der Waals surface area contributed by atoms with Crippen molar-refractivity contribution in [2.75, 3.05) is 6.54 Å². The van der Waals surface area contributed by atoms with Crippen molar-refractivity contribution in [3.63, 3.8) is 0 Å². The summed E-state index contributed by atoms with van der Waals surface area (Å²) in [5, 5.41) is 9.41. The number of benzene rings is 2. The molecule has 4 rings (SSSR count). The third kappa shape index (κ3) is 2.99. The van der Waals surface area contributed by atoms with Gasteiger partial charge in [0.1, 0.15) is 5.01 Å². The van der Waals surface area contributed by atoms with E-state index in [2.05, 4.69) is 53.2 Å². The third-order valence-corrected chi connectivity index (χ3v) is 4.85. The predicted molar refractivity (Wildman–Crippen MR) is 89.5 cm³/mol. The molecule has 0 radical (unpaired) electrons. The minimum atomic E-state index is 0.898. The number of nitrogens with zero attached hydrogens (tertiary/aromatic N) is 1. The fourth-order valence-corrected chi connectivity index (χ4v) is 3.35. The summed E-state index contributed by atoms with van der Waals surface area (Å²) in [6.07, 6.45) is 2.79. The summed E-state index contributed by atoms with van der Waals surface area (Å²) in [7, 11) is 0. The molecular weight excluding hydrogens is 276 g/mol. The predicted octanol–water partition coefficient (Wildman–Crippen LogP) is 4.46. The van der Waals surface area contributed by atoms with Crippen LogP contribution in [0, 0.1) is 5.92 Å². The van der Waals surface area contributed by atoms with Crippen LogP contribution in [0.1, 0.15) is 17.8 Å². The largest absolute Gasteiger partial charge is 0.310 e. The lowest BCUT2D eigenvalue weighted by molar-refractivity contribution is 0.637. The summed E-state index contributed by atoms with van der Waals surface area (Å²) in [6, 6.07) is 15.0. The Morgan fingerprint density at radius 3 is 2.81 bits per heavy atom. The van der Waals surface area contributed by atoms with Gasteiger partial charge in [-0.15, -0.1) is 11.3 Å². The molecule has 1 aliphatic rings. The van der Waals surface area contributed by atoms with E-state index in [0.29, 0.717) is 0 Å². The molecule has 1 aromatic heterocycles. The van der Waals surface area contributed by atoms with Gasteiger partial charge in [0.25, 0.3) is 0 Å². The maximum absolute atomic E-state index is 4.76. The van der Waals surface area contributed by atoms with Crippen LogP contribution in [0.2, 0.25) is 0 Å². The first-order valence-corrected chi connectivity index (χ1v) is 8.41. The molecule has 2 nitrogen and oxygen atoms in total. The summed E-state index contributed by atoms with van der Waals surface area (Å²) >= 11 is 1.75. The van der Waals surface area contributed by atoms with E-state index in [0.717, 1.165) is 24.7 Å². The molecular formula is C18H18N2S. The second kappa shape index (κ2) is 5.58. The fourth-order valence-electron chi connectivity index (χ4n) is 2.58. The Bertz CT molecular complexity index is 759. The molecule has 1 saturated carbocycles. The lowest BCUT2D eigenvalue weighted by atomic mass is 10.1. The summed E-state index contributed by atoms with van der Waals surface area (Å²) < 4.78 is 0. The molecule has 0 aliphatic heterocycles. The SMILES string of the molecule is c1ccc2cc(-c3csc(CNCC4CC4)n3)ccc2c1. The quantitative estimate of drug-likeness (QED) is 0.751. The van der Waals surface area contributed by atoms with Crippen LogP contribution >= 0.6 is 11.3 Å². The van der Waals surface area contributed by atoms with Crippen LogP contribution in [0.3, 0.4) is 0 Å². The fraction of sp³-hybridized carbons (Fsp3) is 0.278. The van der Waals surface area contributed by atoms with Crippen molar-refractivity contribution < 1.29 is 0 Å². The summed E-state index contributed by atoms with van der Waals surface area (Å²) in [5.74, 6) is 0.921. The Kier molecular flexibility index (Phi) is 3.45. The van der Waals surface area contributed by atoms with Crippen molar-refractivity contribution in [1.29, 1.82) is 0 Å². The number of thiazole rings is 1. The molecule has 1 fully saturated rings. The highest BCUT2D eigenvalue weighted by Gasteiger charge is 2.20. The first-order valence-electron chi connectivity index (χ1n) is 7.53. The molecule has 3 aromatic rings. The van der Waals surface area contributed by atoms with Gasteiger partial charge in [-0.3, -0.25) is 0 Å². The van der Waals surface area contributed by atoms with Crippen LogP contribution in [0.15, 0.2) is 47.8 Å². The molecule has 0 spiro atoms. The Hall–Kier alpha value is -1.71. The van der Waals surface area contributed by atoms with Gasteiger partial charge in [0.15, 0.2) is 0 Å². The number of fused-ring (bicyclic) bond motifs is 1. The van der Waals surface area contributed by atoms with Gasteiger partial charge < -0.3 is 5.32 Å². The van der Waals surface area contributed by atoms with Crippen LogP contribution in [0.25, 0.3) is 22.0 Å². The van der Waals surface area contributed by atoms with E-state index in [1.165, 1.54) is 34.2 Å². The van der Waals surface area contributed by atoms with E-state index in [-0.39, 0.29) is 0 Å². The average Bonchev–Trinajstić information content (AvgIpc) is 3.23. The minimum absolute atomic E-state index is 0.898. The Balaban J connectivity index is 1.52. The molecule has 0 unspecified atom stereocenters. The Morgan fingerprint density at radius 1 is 1.10 bits per heavy atom. The van der Waals surface area contributed by atoms with E-state index in [4.69, 9.17) is 4.98 Å². The summed E-state index contributed by atoms with van der Waals surface area (Å²) in [4.78, 5) is 4.76. The molecule has 1 N–H and O–H groups in total. The highest BCUT2D eigenvalue weighted by atomic mass is 32.1. The first-order chi connectivity index (χ1) is 10.4. The zero-order valence-electron chi connectivity index (χ0n) is 11.9. The van der Waals surface area contributed by atoms with Crippen LogP contribution in [-0.2, 0) is 6.54 Å². The zero-order chi connectivity index (χ0) is 14.1. The van der Waals surface area contributed by atoms with E-state index >= 15 is 0 Å².